The zero-order chi connectivity index (χ0) is 15.1. The van der Waals surface area contributed by atoms with Crippen LogP contribution in [0.3, 0.4) is 0 Å². The molecular formula is C19H45F3P+. The smallest absolute Gasteiger partial charge is 0.0586 e. The van der Waals surface area contributed by atoms with Crippen LogP contribution in [-0.2, 0) is 0 Å². The molecule has 0 spiro atoms. The minimum atomic E-state index is -0.500. The van der Waals surface area contributed by atoms with Crippen molar-refractivity contribution in [1.82, 2.24) is 0 Å². The molecule has 0 rings (SSSR count). The average molecular weight is 362 g/mol. The van der Waals surface area contributed by atoms with Crippen LogP contribution in [0.5, 0.6) is 0 Å². The van der Waals surface area contributed by atoms with Gasteiger partial charge in [-0.25, -0.2) is 0 Å². The van der Waals surface area contributed by atoms with Crippen LogP contribution in [0.4, 0.5) is 14.1 Å². The van der Waals surface area contributed by atoms with Crippen LogP contribution in [0.15, 0.2) is 0 Å². The molecule has 0 radical (unpaired) electrons. The Morgan fingerprint density at radius 3 is 0.957 bits per heavy atom. The zero-order valence-electron chi connectivity index (χ0n) is 16.3. The van der Waals surface area contributed by atoms with Gasteiger partial charge in [0, 0.05) is 27.3 Å². The van der Waals surface area contributed by atoms with Gasteiger partial charge in [0.05, 0.1) is 6.16 Å². The Kier molecular flexibility index (Phi) is 30.0. The van der Waals surface area contributed by atoms with E-state index in [-0.39, 0.29) is 14.1 Å². The molecule has 0 aliphatic carbocycles. The summed E-state index contributed by atoms with van der Waals surface area (Å²) >= 11 is 0. The minimum Gasteiger partial charge on any atom is -0.269 e. The van der Waals surface area contributed by atoms with E-state index in [2.05, 4.69) is 26.9 Å². The third-order valence-electron chi connectivity index (χ3n) is 4.18. The summed E-state index contributed by atoms with van der Waals surface area (Å²) in [5.41, 5.74) is 0. The molecule has 0 bridgehead atoms. The van der Waals surface area contributed by atoms with E-state index in [1.807, 2.05) is 0 Å². The highest BCUT2D eigenvalue weighted by atomic mass is 31.2. The molecule has 0 saturated heterocycles. The van der Waals surface area contributed by atoms with Gasteiger partial charge in [-0.2, -0.15) is 0 Å². The topological polar surface area (TPSA) is 0 Å². The van der Waals surface area contributed by atoms with Crippen LogP contribution in [0.25, 0.3) is 0 Å². The lowest BCUT2D eigenvalue weighted by molar-refractivity contribution is 0.538. The van der Waals surface area contributed by atoms with E-state index in [1.165, 1.54) is 96.1 Å². The lowest BCUT2D eigenvalue weighted by Gasteiger charge is -2.10. The third-order valence-corrected chi connectivity index (χ3v) is 5.84. The Bertz CT molecular complexity index is 194. The molecule has 4 heteroatoms. The summed E-state index contributed by atoms with van der Waals surface area (Å²) in [6, 6.07) is 0. The quantitative estimate of drug-likeness (QED) is 0.206. The summed E-state index contributed by atoms with van der Waals surface area (Å²) in [6.07, 6.45) is 22.1. The SMILES string of the molecule is CCCCCCCCCCCCCCCC[P+](C)(C)C.F.F.F. The highest BCUT2D eigenvalue weighted by molar-refractivity contribution is 7.73. The third kappa shape index (κ3) is 30.6. The number of hydrogen-bond acceptors (Lipinski definition) is 0. The Labute approximate surface area is 145 Å². The van der Waals surface area contributed by atoms with Crippen LogP contribution in [0.1, 0.15) is 96.8 Å². The fraction of sp³-hybridized carbons (Fsp3) is 1.00. The molecule has 0 atom stereocenters. The molecule has 0 fully saturated rings. The van der Waals surface area contributed by atoms with Gasteiger partial charge in [-0.1, -0.05) is 84.0 Å². The molecule has 0 heterocycles. The van der Waals surface area contributed by atoms with E-state index in [0.717, 1.165) is 0 Å². The van der Waals surface area contributed by atoms with Crippen LogP contribution >= 0.6 is 7.26 Å². The fourth-order valence-electron chi connectivity index (χ4n) is 2.78. The monoisotopic (exact) mass is 361 g/mol. The lowest BCUT2D eigenvalue weighted by Crippen LogP contribution is -1.92. The summed E-state index contributed by atoms with van der Waals surface area (Å²) in [5, 5.41) is 0. The maximum absolute atomic E-state index is 2.47. The van der Waals surface area contributed by atoms with Gasteiger partial charge in [-0.15, -0.1) is 0 Å². The summed E-state index contributed by atoms with van der Waals surface area (Å²) in [4.78, 5) is 0. The van der Waals surface area contributed by atoms with E-state index in [0.29, 0.717) is 0 Å². The first kappa shape index (κ1) is 31.0. The molecular weight excluding hydrogens is 316 g/mol. The predicted octanol–water partition coefficient (Wildman–Crippen LogP) is 7.83. The maximum atomic E-state index is 2.47. The Morgan fingerprint density at radius 2 is 0.696 bits per heavy atom. The number of rotatable bonds is 15. The molecule has 0 aromatic carbocycles. The van der Waals surface area contributed by atoms with Crippen LogP contribution in [0.2, 0.25) is 0 Å². The first-order chi connectivity index (χ1) is 9.56. The van der Waals surface area contributed by atoms with Crippen molar-refractivity contribution in [3.05, 3.63) is 0 Å². The van der Waals surface area contributed by atoms with Gasteiger partial charge in [0.15, 0.2) is 0 Å². The molecule has 0 amide bonds. The van der Waals surface area contributed by atoms with Crippen molar-refractivity contribution in [2.24, 2.45) is 0 Å². The van der Waals surface area contributed by atoms with Gasteiger partial charge >= 0.3 is 0 Å². The normalized spacial score (nSPS) is 10.4. The molecule has 0 unspecified atom stereocenters. The van der Waals surface area contributed by atoms with Gasteiger partial charge in [0.2, 0.25) is 0 Å². The minimum absolute atomic E-state index is 0. The molecule has 0 aliphatic heterocycles. The van der Waals surface area contributed by atoms with Crippen molar-refractivity contribution in [2.75, 3.05) is 26.2 Å². The average Bonchev–Trinajstić information content (AvgIpc) is 2.38. The van der Waals surface area contributed by atoms with E-state index < -0.39 is 7.26 Å². The largest absolute Gasteiger partial charge is 0.269 e. The van der Waals surface area contributed by atoms with Crippen molar-refractivity contribution >= 4 is 7.26 Å². The van der Waals surface area contributed by atoms with Crippen molar-refractivity contribution in [3.63, 3.8) is 0 Å². The molecule has 0 aliphatic rings. The maximum Gasteiger partial charge on any atom is 0.0586 e. The fourth-order valence-corrected chi connectivity index (χ4v) is 3.95. The first-order valence-electron chi connectivity index (χ1n) is 9.36. The number of unbranched alkanes of at least 4 members (excludes halogenated alkanes) is 13. The molecule has 23 heavy (non-hydrogen) atoms. The van der Waals surface area contributed by atoms with E-state index in [9.17, 15) is 0 Å². The highest BCUT2D eigenvalue weighted by Crippen LogP contribution is 2.47. The van der Waals surface area contributed by atoms with Gasteiger partial charge in [-0.05, 0) is 12.8 Å². The van der Waals surface area contributed by atoms with Crippen molar-refractivity contribution < 1.29 is 14.1 Å². The molecule has 0 nitrogen and oxygen atoms in total. The van der Waals surface area contributed by atoms with E-state index >= 15 is 0 Å². The lowest BCUT2D eigenvalue weighted by atomic mass is 10.0. The molecule has 0 N–H and O–H groups in total. The van der Waals surface area contributed by atoms with Gasteiger partial charge in [0.1, 0.15) is 0 Å². The zero-order valence-corrected chi connectivity index (χ0v) is 17.2. The second-order valence-electron chi connectivity index (χ2n) is 7.61. The van der Waals surface area contributed by atoms with Gasteiger partial charge in [-0.3, -0.25) is 14.1 Å². The summed E-state index contributed by atoms with van der Waals surface area (Å²) in [7, 11) is -0.500. The van der Waals surface area contributed by atoms with Gasteiger partial charge in [0.25, 0.3) is 0 Å². The van der Waals surface area contributed by atoms with Crippen LogP contribution in [-0.4, -0.2) is 26.2 Å². The molecule has 0 aromatic rings. The summed E-state index contributed by atoms with van der Waals surface area (Å²) < 4.78 is 0. The van der Waals surface area contributed by atoms with Crippen molar-refractivity contribution in [1.29, 1.82) is 0 Å². The van der Waals surface area contributed by atoms with Crippen molar-refractivity contribution in [3.8, 4) is 0 Å². The van der Waals surface area contributed by atoms with Crippen molar-refractivity contribution in [2.45, 2.75) is 96.8 Å². The van der Waals surface area contributed by atoms with E-state index in [1.54, 1.807) is 0 Å². The Balaban J connectivity index is -0.000000602. The summed E-state index contributed by atoms with van der Waals surface area (Å²) in [6.45, 7) is 9.70. The Morgan fingerprint density at radius 1 is 0.435 bits per heavy atom. The van der Waals surface area contributed by atoms with Crippen LogP contribution in [0, 0.1) is 0 Å². The second kappa shape index (κ2) is 22.2. The predicted molar refractivity (Wildman–Crippen MR) is 107 cm³/mol. The van der Waals surface area contributed by atoms with Gasteiger partial charge < -0.3 is 0 Å². The first-order valence-corrected chi connectivity index (χ1v) is 12.7. The standard InChI is InChI=1S/C19H42P.3FH/c1-5-6-7-8-9-10-11-12-13-14-15-16-17-18-19-20(2,3)4;;;/h5-19H2,1-4H3;3*1H/q+1;;;. The molecule has 0 saturated carbocycles. The Hall–Kier alpha value is 0.220. The number of hydrogen-bond donors (Lipinski definition) is 0. The molecule has 146 valence electrons. The van der Waals surface area contributed by atoms with Crippen LogP contribution < -0.4 is 0 Å². The second-order valence-corrected chi connectivity index (χ2v) is 12.6. The summed E-state index contributed by atoms with van der Waals surface area (Å²) in [5.74, 6) is 0. The highest BCUT2D eigenvalue weighted by Gasteiger charge is 2.15. The molecule has 0 aromatic heterocycles. The van der Waals surface area contributed by atoms with E-state index in [4.69, 9.17) is 0 Å². The number of halogens is 3.